The first kappa shape index (κ1) is 21.8. The monoisotopic (exact) mass is 426 g/mol. The largest absolute Gasteiger partial charge is 0.371 e. The van der Waals surface area contributed by atoms with E-state index in [-0.39, 0.29) is 17.4 Å². The Morgan fingerprint density at radius 2 is 2.00 bits per heavy atom. The number of nitriles is 1. The molecule has 1 aliphatic rings. The van der Waals surface area contributed by atoms with Crippen LogP contribution in [0.15, 0.2) is 48.5 Å². The molecule has 3 rings (SSSR count). The van der Waals surface area contributed by atoms with Gasteiger partial charge in [-0.05, 0) is 30.2 Å². The van der Waals surface area contributed by atoms with Gasteiger partial charge in [0.25, 0.3) is 0 Å². The Labute approximate surface area is 180 Å². The van der Waals surface area contributed by atoms with E-state index in [1.165, 1.54) is 12.1 Å². The summed E-state index contributed by atoms with van der Waals surface area (Å²) in [6, 6.07) is 16.5. The van der Waals surface area contributed by atoms with Crippen molar-refractivity contribution in [2.45, 2.75) is 12.5 Å². The first-order chi connectivity index (χ1) is 14.6. The molecule has 0 aliphatic carbocycles. The number of anilines is 1. The number of halogens is 1. The van der Waals surface area contributed by atoms with Crippen LogP contribution >= 0.6 is 11.6 Å². The topological polar surface area (TPSA) is 94.5 Å². The predicted octanol–water partition coefficient (Wildman–Crippen LogP) is 2.73. The van der Waals surface area contributed by atoms with E-state index < -0.39 is 11.8 Å². The maximum atomic E-state index is 12.1. The summed E-state index contributed by atoms with van der Waals surface area (Å²) in [6.07, 6.45) is 0.758. The van der Waals surface area contributed by atoms with Gasteiger partial charge in [-0.25, -0.2) is 0 Å². The molecule has 0 aromatic heterocycles. The number of hydrogen-bond donors (Lipinski definition) is 2. The van der Waals surface area contributed by atoms with E-state index in [4.69, 9.17) is 21.6 Å². The van der Waals surface area contributed by atoms with Gasteiger partial charge in [0, 0.05) is 31.2 Å². The summed E-state index contributed by atoms with van der Waals surface area (Å²) in [5, 5.41) is 14.5. The molecule has 7 nitrogen and oxygen atoms in total. The van der Waals surface area contributed by atoms with Gasteiger partial charge in [0.15, 0.2) is 0 Å². The summed E-state index contributed by atoms with van der Waals surface area (Å²) in [7, 11) is 0. The Balaban J connectivity index is 1.41. The average Bonchev–Trinajstić information content (AvgIpc) is 2.77. The van der Waals surface area contributed by atoms with Gasteiger partial charge in [0.1, 0.15) is 6.07 Å². The van der Waals surface area contributed by atoms with E-state index >= 15 is 0 Å². The fourth-order valence-corrected chi connectivity index (χ4v) is 3.43. The summed E-state index contributed by atoms with van der Waals surface area (Å²) in [5.74, 6) is -1.58. The van der Waals surface area contributed by atoms with Crippen LogP contribution in [0.5, 0.6) is 0 Å². The number of amides is 2. The molecule has 30 heavy (non-hydrogen) atoms. The molecule has 2 aromatic rings. The Hall–Kier alpha value is -2.92. The van der Waals surface area contributed by atoms with Crippen molar-refractivity contribution in [3.8, 4) is 6.07 Å². The number of carbonyl (C=O) groups excluding carboxylic acids is 2. The van der Waals surface area contributed by atoms with Crippen molar-refractivity contribution < 1.29 is 14.3 Å². The highest BCUT2D eigenvalue weighted by atomic mass is 35.5. The quantitative estimate of drug-likeness (QED) is 0.547. The molecule has 156 valence electrons. The van der Waals surface area contributed by atoms with Crippen molar-refractivity contribution in [1.29, 1.82) is 5.26 Å². The number of benzene rings is 2. The second-order valence-electron chi connectivity index (χ2n) is 6.94. The van der Waals surface area contributed by atoms with E-state index in [0.29, 0.717) is 24.6 Å². The predicted molar refractivity (Wildman–Crippen MR) is 114 cm³/mol. The van der Waals surface area contributed by atoms with Gasteiger partial charge in [-0.2, -0.15) is 5.26 Å². The lowest BCUT2D eigenvalue weighted by Crippen LogP contribution is -2.41. The van der Waals surface area contributed by atoms with Gasteiger partial charge < -0.3 is 15.4 Å². The lowest BCUT2D eigenvalue weighted by Gasteiger charge is -2.33. The third-order valence-corrected chi connectivity index (χ3v) is 5.05. The van der Waals surface area contributed by atoms with Gasteiger partial charge in [0.2, 0.25) is 0 Å². The minimum Gasteiger partial charge on any atom is -0.371 e. The maximum Gasteiger partial charge on any atom is 0.313 e. The molecule has 1 saturated heterocycles. The molecule has 0 bridgehead atoms. The third-order valence-electron chi connectivity index (χ3n) is 4.82. The van der Waals surface area contributed by atoms with Crippen LogP contribution in [0.1, 0.15) is 23.7 Å². The molecule has 2 amide bonds. The summed E-state index contributed by atoms with van der Waals surface area (Å²) >= 11 is 5.89. The van der Waals surface area contributed by atoms with Crippen LogP contribution in [0.2, 0.25) is 5.02 Å². The van der Waals surface area contributed by atoms with E-state index in [9.17, 15) is 9.59 Å². The molecule has 1 atom stereocenters. The maximum absolute atomic E-state index is 12.1. The minimum atomic E-state index is -0.829. The van der Waals surface area contributed by atoms with Crippen molar-refractivity contribution >= 4 is 29.1 Å². The minimum absolute atomic E-state index is 0.0485. The molecule has 8 heteroatoms. The standard InChI is InChI=1S/C22H23ClN4O3/c23-18-8-7-17(14-24)19(13-18)26-22(29)21(28)25-9-4-10-27-11-12-30-20(15-27)16-5-2-1-3-6-16/h1-3,5-8,13,20H,4,9-12,15H2,(H,25,28)(H,26,29)/t20-/m0/s1. The normalized spacial score (nSPS) is 16.5. The second-order valence-corrected chi connectivity index (χ2v) is 7.37. The van der Waals surface area contributed by atoms with Gasteiger partial charge in [0.05, 0.1) is 24.0 Å². The molecular weight excluding hydrogens is 404 g/mol. The van der Waals surface area contributed by atoms with Crippen LogP contribution in [-0.2, 0) is 14.3 Å². The van der Waals surface area contributed by atoms with Gasteiger partial charge in [-0.15, -0.1) is 0 Å². The summed E-state index contributed by atoms with van der Waals surface area (Å²) in [4.78, 5) is 26.4. The van der Waals surface area contributed by atoms with Crippen LogP contribution < -0.4 is 10.6 Å². The lowest BCUT2D eigenvalue weighted by atomic mass is 10.1. The lowest BCUT2D eigenvalue weighted by molar-refractivity contribution is -0.136. The second kappa shape index (κ2) is 10.7. The highest BCUT2D eigenvalue weighted by molar-refractivity contribution is 6.40. The molecule has 0 radical (unpaired) electrons. The SMILES string of the molecule is N#Cc1ccc(Cl)cc1NC(=O)C(=O)NCCCN1CCO[C@H](c2ccccc2)C1. The molecule has 1 heterocycles. The molecule has 0 spiro atoms. The van der Waals surface area contributed by atoms with Gasteiger partial charge in [-0.1, -0.05) is 41.9 Å². The van der Waals surface area contributed by atoms with Gasteiger partial charge in [-0.3, -0.25) is 14.5 Å². The first-order valence-corrected chi connectivity index (χ1v) is 10.1. The zero-order valence-corrected chi connectivity index (χ0v) is 17.2. The summed E-state index contributed by atoms with van der Waals surface area (Å²) in [6.45, 7) is 3.46. The Morgan fingerprint density at radius 1 is 1.20 bits per heavy atom. The highest BCUT2D eigenvalue weighted by Gasteiger charge is 2.21. The Morgan fingerprint density at radius 3 is 2.77 bits per heavy atom. The van der Waals surface area contributed by atoms with Crippen LogP contribution in [0, 0.1) is 11.3 Å². The zero-order valence-electron chi connectivity index (χ0n) is 16.4. The van der Waals surface area contributed by atoms with E-state index in [1.54, 1.807) is 6.07 Å². The van der Waals surface area contributed by atoms with Crippen LogP contribution in [-0.4, -0.2) is 49.5 Å². The van der Waals surface area contributed by atoms with E-state index in [2.05, 4.69) is 27.7 Å². The van der Waals surface area contributed by atoms with Crippen molar-refractivity contribution in [3.05, 3.63) is 64.7 Å². The number of ether oxygens (including phenoxy) is 1. The average molecular weight is 427 g/mol. The van der Waals surface area contributed by atoms with Crippen LogP contribution in [0.4, 0.5) is 5.69 Å². The van der Waals surface area contributed by atoms with Crippen molar-refractivity contribution in [1.82, 2.24) is 10.2 Å². The molecular formula is C22H23ClN4O3. The van der Waals surface area contributed by atoms with Crippen LogP contribution in [0.25, 0.3) is 0 Å². The number of nitrogens with one attached hydrogen (secondary N) is 2. The van der Waals surface area contributed by atoms with Crippen molar-refractivity contribution in [3.63, 3.8) is 0 Å². The zero-order chi connectivity index (χ0) is 21.3. The summed E-state index contributed by atoms with van der Waals surface area (Å²) in [5.41, 5.74) is 1.61. The summed E-state index contributed by atoms with van der Waals surface area (Å²) < 4.78 is 5.86. The first-order valence-electron chi connectivity index (χ1n) is 9.74. The fourth-order valence-electron chi connectivity index (χ4n) is 3.26. The Kier molecular flexibility index (Phi) is 7.80. The van der Waals surface area contributed by atoms with Crippen molar-refractivity contribution in [2.75, 3.05) is 38.1 Å². The number of carbonyl (C=O) groups is 2. The van der Waals surface area contributed by atoms with Crippen molar-refractivity contribution in [2.24, 2.45) is 0 Å². The molecule has 0 saturated carbocycles. The highest BCUT2D eigenvalue weighted by Crippen LogP contribution is 2.22. The van der Waals surface area contributed by atoms with E-state index in [0.717, 1.165) is 25.2 Å². The smallest absolute Gasteiger partial charge is 0.313 e. The molecule has 2 N–H and O–H groups in total. The molecule has 2 aromatic carbocycles. The molecule has 1 aliphatic heterocycles. The number of nitrogens with zero attached hydrogens (tertiary/aromatic N) is 2. The van der Waals surface area contributed by atoms with Crippen LogP contribution in [0.3, 0.4) is 0 Å². The number of morpholine rings is 1. The fraction of sp³-hybridized carbons (Fsp3) is 0.318. The number of rotatable bonds is 6. The number of hydrogen-bond acceptors (Lipinski definition) is 5. The van der Waals surface area contributed by atoms with E-state index in [1.807, 2.05) is 24.3 Å². The third kappa shape index (κ3) is 6.04. The van der Waals surface area contributed by atoms with Gasteiger partial charge >= 0.3 is 11.8 Å². The Bertz CT molecular complexity index is 930. The molecule has 1 fully saturated rings. The molecule has 0 unspecified atom stereocenters.